The van der Waals surface area contributed by atoms with Crippen molar-refractivity contribution in [1.29, 1.82) is 0 Å². The number of hydrogen-bond acceptors (Lipinski definition) is 6. The smallest absolute Gasteiger partial charge is 0.222 e. The van der Waals surface area contributed by atoms with Crippen molar-refractivity contribution in [3.63, 3.8) is 0 Å². The Bertz CT molecular complexity index is 773. The van der Waals surface area contributed by atoms with Gasteiger partial charge in [0.2, 0.25) is 5.95 Å². The van der Waals surface area contributed by atoms with Crippen LogP contribution in [0.2, 0.25) is 0 Å². The lowest BCUT2D eigenvalue weighted by Crippen LogP contribution is -1.97. The molecule has 19 heavy (non-hydrogen) atoms. The maximum absolute atomic E-state index is 5.57. The van der Waals surface area contributed by atoms with Gasteiger partial charge in [-0.05, 0) is 12.1 Å². The second kappa shape index (κ2) is 4.24. The van der Waals surface area contributed by atoms with Crippen molar-refractivity contribution in [2.24, 2.45) is 0 Å². The fourth-order valence-electron chi connectivity index (χ4n) is 1.97. The molecule has 0 aliphatic carbocycles. The van der Waals surface area contributed by atoms with Gasteiger partial charge in [-0.25, -0.2) is 9.97 Å². The Morgan fingerprint density at radius 3 is 2.58 bits per heavy atom. The first-order chi connectivity index (χ1) is 9.21. The Labute approximate surface area is 109 Å². The van der Waals surface area contributed by atoms with Gasteiger partial charge in [-0.2, -0.15) is 4.98 Å². The molecule has 3 aromatic rings. The van der Waals surface area contributed by atoms with E-state index in [1.54, 1.807) is 26.5 Å². The first kappa shape index (κ1) is 11.5. The first-order valence-corrected chi connectivity index (χ1v) is 5.66. The molecule has 0 bridgehead atoms. The van der Waals surface area contributed by atoms with Crippen LogP contribution >= 0.6 is 0 Å². The third-order valence-corrected chi connectivity index (χ3v) is 2.88. The van der Waals surface area contributed by atoms with Crippen LogP contribution in [-0.4, -0.2) is 29.2 Å². The van der Waals surface area contributed by atoms with Gasteiger partial charge in [0.25, 0.3) is 0 Å². The van der Waals surface area contributed by atoms with E-state index in [-0.39, 0.29) is 5.95 Å². The summed E-state index contributed by atoms with van der Waals surface area (Å²) in [5.74, 6) is 1.54. The number of anilines is 1. The largest absolute Gasteiger partial charge is 0.497 e. The van der Waals surface area contributed by atoms with E-state index in [4.69, 9.17) is 15.2 Å². The van der Waals surface area contributed by atoms with E-state index < -0.39 is 0 Å². The SMILES string of the molecule is COc1cc(OC)c2nc3nc(N)ncc3cc2c1. The predicted octanol–water partition coefficient (Wildman–Crippen LogP) is 1.78. The Balaban J connectivity index is 2.40. The molecule has 2 N–H and O–H groups in total. The minimum Gasteiger partial charge on any atom is -0.497 e. The molecule has 0 atom stereocenters. The van der Waals surface area contributed by atoms with Crippen molar-refractivity contribution < 1.29 is 9.47 Å². The maximum Gasteiger partial charge on any atom is 0.222 e. The average Bonchev–Trinajstić information content (AvgIpc) is 2.44. The standard InChI is InChI=1S/C13H12N4O2/c1-18-9-4-7-3-8-6-15-13(14)17-12(8)16-11(7)10(5-9)19-2/h3-6H,1-2H3,(H2,14,15,16,17). The van der Waals surface area contributed by atoms with Crippen LogP contribution in [0, 0.1) is 0 Å². The highest BCUT2D eigenvalue weighted by Crippen LogP contribution is 2.31. The summed E-state index contributed by atoms with van der Waals surface area (Å²) in [6.45, 7) is 0. The average molecular weight is 256 g/mol. The van der Waals surface area contributed by atoms with E-state index >= 15 is 0 Å². The predicted molar refractivity (Wildman–Crippen MR) is 72.4 cm³/mol. The first-order valence-electron chi connectivity index (χ1n) is 5.66. The number of pyridine rings is 1. The number of ether oxygens (including phenoxy) is 2. The van der Waals surface area contributed by atoms with Crippen LogP contribution in [0.4, 0.5) is 5.95 Å². The molecule has 1 aromatic carbocycles. The van der Waals surface area contributed by atoms with Gasteiger partial charge in [-0.1, -0.05) is 0 Å². The highest BCUT2D eigenvalue weighted by Gasteiger charge is 2.09. The molecular weight excluding hydrogens is 244 g/mol. The summed E-state index contributed by atoms with van der Waals surface area (Å²) in [6.07, 6.45) is 1.65. The minimum absolute atomic E-state index is 0.201. The van der Waals surface area contributed by atoms with Crippen LogP contribution in [0.15, 0.2) is 24.4 Å². The van der Waals surface area contributed by atoms with Gasteiger partial charge >= 0.3 is 0 Å². The third-order valence-electron chi connectivity index (χ3n) is 2.88. The van der Waals surface area contributed by atoms with Crippen LogP contribution in [0.25, 0.3) is 21.9 Å². The lowest BCUT2D eigenvalue weighted by atomic mass is 10.1. The van der Waals surface area contributed by atoms with Crippen molar-refractivity contribution in [3.05, 3.63) is 24.4 Å². The van der Waals surface area contributed by atoms with Crippen LogP contribution in [0.3, 0.4) is 0 Å². The Morgan fingerprint density at radius 1 is 1.00 bits per heavy atom. The lowest BCUT2D eigenvalue weighted by molar-refractivity contribution is 0.397. The highest BCUT2D eigenvalue weighted by molar-refractivity contribution is 5.94. The van der Waals surface area contributed by atoms with Crippen LogP contribution in [0.5, 0.6) is 11.5 Å². The molecular formula is C13H12N4O2. The highest BCUT2D eigenvalue weighted by atomic mass is 16.5. The van der Waals surface area contributed by atoms with Gasteiger partial charge in [0, 0.05) is 23.0 Å². The van der Waals surface area contributed by atoms with E-state index in [0.29, 0.717) is 22.7 Å². The minimum atomic E-state index is 0.201. The number of hydrogen-bond donors (Lipinski definition) is 1. The molecule has 0 aliphatic heterocycles. The summed E-state index contributed by atoms with van der Waals surface area (Å²) >= 11 is 0. The summed E-state index contributed by atoms with van der Waals surface area (Å²) in [5, 5.41) is 1.72. The van der Waals surface area contributed by atoms with E-state index in [2.05, 4.69) is 15.0 Å². The zero-order chi connectivity index (χ0) is 13.4. The molecule has 0 saturated carbocycles. The quantitative estimate of drug-likeness (QED) is 0.703. The van der Waals surface area contributed by atoms with Gasteiger partial charge in [0.05, 0.1) is 14.2 Å². The second-order valence-electron chi connectivity index (χ2n) is 4.03. The molecule has 2 heterocycles. The van der Waals surface area contributed by atoms with Gasteiger partial charge in [0.15, 0.2) is 5.65 Å². The number of nitrogen functional groups attached to an aromatic ring is 1. The van der Waals surface area contributed by atoms with Crippen molar-refractivity contribution in [3.8, 4) is 11.5 Å². The van der Waals surface area contributed by atoms with Gasteiger partial charge in [-0.3, -0.25) is 0 Å². The Hall–Kier alpha value is -2.63. The zero-order valence-electron chi connectivity index (χ0n) is 10.5. The lowest BCUT2D eigenvalue weighted by Gasteiger charge is -2.08. The molecule has 96 valence electrons. The molecule has 2 aromatic heterocycles. The number of rotatable bonds is 2. The van der Waals surface area contributed by atoms with Crippen LogP contribution in [0.1, 0.15) is 0 Å². The molecule has 3 rings (SSSR count). The number of methoxy groups -OCH3 is 2. The summed E-state index contributed by atoms with van der Waals surface area (Å²) in [7, 11) is 3.20. The number of aromatic nitrogens is 3. The molecule has 0 radical (unpaired) electrons. The Kier molecular flexibility index (Phi) is 2.56. The molecule has 0 spiro atoms. The van der Waals surface area contributed by atoms with Crippen LogP contribution in [-0.2, 0) is 0 Å². The third kappa shape index (κ3) is 1.87. The van der Waals surface area contributed by atoms with Crippen molar-refractivity contribution in [2.75, 3.05) is 20.0 Å². The van der Waals surface area contributed by atoms with Crippen molar-refractivity contribution in [1.82, 2.24) is 15.0 Å². The summed E-state index contributed by atoms with van der Waals surface area (Å²) in [6, 6.07) is 5.61. The summed E-state index contributed by atoms with van der Waals surface area (Å²) < 4.78 is 10.6. The fourth-order valence-corrected chi connectivity index (χ4v) is 1.97. The molecule has 0 unspecified atom stereocenters. The summed E-state index contributed by atoms with van der Waals surface area (Å²) in [4.78, 5) is 12.5. The number of nitrogens with zero attached hydrogens (tertiary/aromatic N) is 3. The number of nitrogens with two attached hydrogens (primary N) is 1. The van der Waals surface area contributed by atoms with E-state index in [0.717, 1.165) is 10.8 Å². The molecule has 0 saturated heterocycles. The zero-order valence-corrected chi connectivity index (χ0v) is 10.5. The van der Waals surface area contributed by atoms with E-state index in [1.807, 2.05) is 12.1 Å². The fraction of sp³-hybridized carbons (Fsp3) is 0.154. The second-order valence-corrected chi connectivity index (χ2v) is 4.03. The topological polar surface area (TPSA) is 83.2 Å². The summed E-state index contributed by atoms with van der Waals surface area (Å²) in [5.41, 5.74) is 6.83. The van der Waals surface area contributed by atoms with Crippen LogP contribution < -0.4 is 15.2 Å². The van der Waals surface area contributed by atoms with E-state index in [1.165, 1.54) is 0 Å². The molecule has 0 amide bonds. The van der Waals surface area contributed by atoms with Crippen molar-refractivity contribution >= 4 is 27.9 Å². The molecule has 0 fully saturated rings. The van der Waals surface area contributed by atoms with E-state index in [9.17, 15) is 0 Å². The maximum atomic E-state index is 5.57. The molecule has 6 heteroatoms. The van der Waals surface area contributed by atoms with Crippen molar-refractivity contribution in [2.45, 2.75) is 0 Å². The molecule has 0 aliphatic rings. The normalized spacial score (nSPS) is 10.8. The van der Waals surface area contributed by atoms with Gasteiger partial charge < -0.3 is 15.2 Å². The monoisotopic (exact) mass is 256 g/mol. The van der Waals surface area contributed by atoms with Gasteiger partial charge in [-0.15, -0.1) is 0 Å². The Morgan fingerprint density at radius 2 is 1.84 bits per heavy atom. The number of benzene rings is 1. The molecule has 6 nitrogen and oxygen atoms in total. The van der Waals surface area contributed by atoms with Gasteiger partial charge in [0.1, 0.15) is 17.0 Å². The number of fused-ring (bicyclic) bond motifs is 2.